The lowest BCUT2D eigenvalue weighted by atomic mass is 10.1. The van der Waals surface area contributed by atoms with Crippen molar-refractivity contribution >= 4 is 23.5 Å². The first-order valence-corrected chi connectivity index (χ1v) is 5.60. The topological polar surface area (TPSA) is 79.3 Å². The van der Waals surface area contributed by atoms with Crippen LogP contribution in [0, 0.1) is 5.92 Å². The molecule has 0 aliphatic heterocycles. The number of hydrogen-bond donors (Lipinski definition) is 2. The second-order valence-electron chi connectivity index (χ2n) is 3.98. The van der Waals surface area contributed by atoms with Gasteiger partial charge in [0.15, 0.2) is 0 Å². The Morgan fingerprint density at radius 1 is 1.53 bits per heavy atom. The van der Waals surface area contributed by atoms with Crippen molar-refractivity contribution in [2.45, 2.75) is 18.9 Å². The Morgan fingerprint density at radius 3 is 2.76 bits per heavy atom. The molecule has 90 valence electrons. The summed E-state index contributed by atoms with van der Waals surface area (Å²) in [5, 5.41) is 11.7. The summed E-state index contributed by atoms with van der Waals surface area (Å²) in [6, 6.07) is 0.635. The molecule has 6 heteroatoms. The van der Waals surface area contributed by atoms with Crippen LogP contribution in [-0.4, -0.2) is 28.0 Å². The summed E-state index contributed by atoms with van der Waals surface area (Å²) in [5.74, 6) is -1.44. The fourth-order valence-electron chi connectivity index (χ4n) is 1.59. The number of amides is 1. The molecule has 0 spiro atoms. The van der Waals surface area contributed by atoms with E-state index in [1.54, 1.807) is 0 Å². The molecule has 1 unspecified atom stereocenters. The van der Waals surface area contributed by atoms with Crippen LogP contribution < -0.4 is 5.32 Å². The van der Waals surface area contributed by atoms with Crippen LogP contribution in [0.15, 0.2) is 18.5 Å². The Bertz CT molecular complexity index is 460. The highest BCUT2D eigenvalue weighted by atomic mass is 35.5. The first-order chi connectivity index (χ1) is 8.09. The van der Waals surface area contributed by atoms with Gasteiger partial charge < -0.3 is 10.4 Å². The van der Waals surface area contributed by atoms with Crippen molar-refractivity contribution in [3.05, 3.63) is 29.0 Å². The second-order valence-corrected chi connectivity index (χ2v) is 4.39. The van der Waals surface area contributed by atoms with Crippen molar-refractivity contribution in [2.75, 3.05) is 0 Å². The van der Waals surface area contributed by atoms with Crippen LogP contribution in [0.25, 0.3) is 0 Å². The van der Waals surface area contributed by atoms with E-state index in [1.807, 2.05) is 0 Å². The minimum Gasteiger partial charge on any atom is -0.480 e. The SMILES string of the molecule is O=C(NC(C(=O)O)C1CC1)c1ccncc1Cl. The molecule has 0 radical (unpaired) electrons. The van der Waals surface area contributed by atoms with Crippen LogP contribution in [0.3, 0.4) is 0 Å². The zero-order valence-electron chi connectivity index (χ0n) is 8.89. The number of halogens is 1. The molecule has 0 saturated heterocycles. The third kappa shape index (κ3) is 2.74. The number of carbonyl (C=O) groups is 2. The fraction of sp³-hybridized carbons (Fsp3) is 0.364. The largest absolute Gasteiger partial charge is 0.480 e. The van der Waals surface area contributed by atoms with Crippen LogP contribution in [0.4, 0.5) is 0 Å². The zero-order valence-corrected chi connectivity index (χ0v) is 9.65. The molecule has 1 fully saturated rings. The first-order valence-electron chi connectivity index (χ1n) is 5.23. The van der Waals surface area contributed by atoms with Gasteiger partial charge >= 0.3 is 5.97 Å². The highest BCUT2D eigenvalue weighted by molar-refractivity contribution is 6.33. The molecule has 5 nitrogen and oxygen atoms in total. The molecule has 17 heavy (non-hydrogen) atoms. The summed E-state index contributed by atoms with van der Waals surface area (Å²) in [6.45, 7) is 0. The Hall–Kier alpha value is -1.62. The van der Waals surface area contributed by atoms with Crippen molar-refractivity contribution in [1.82, 2.24) is 10.3 Å². The summed E-state index contributed by atoms with van der Waals surface area (Å²) in [6.07, 6.45) is 4.46. The van der Waals surface area contributed by atoms with Gasteiger partial charge in [0, 0.05) is 12.4 Å². The predicted octanol–water partition coefficient (Wildman–Crippen LogP) is 1.33. The number of aliphatic carboxylic acids is 1. The molecule has 1 amide bonds. The minimum atomic E-state index is -1.01. The number of hydrogen-bond acceptors (Lipinski definition) is 3. The van der Waals surface area contributed by atoms with Crippen LogP contribution in [0.2, 0.25) is 5.02 Å². The smallest absolute Gasteiger partial charge is 0.326 e. The summed E-state index contributed by atoms with van der Waals surface area (Å²) in [4.78, 5) is 26.6. The number of pyridine rings is 1. The zero-order chi connectivity index (χ0) is 12.4. The van der Waals surface area contributed by atoms with E-state index in [0.717, 1.165) is 12.8 Å². The lowest BCUT2D eigenvalue weighted by Gasteiger charge is -2.13. The van der Waals surface area contributed by atoms with Crippen molar-refractivity contribution in [3.63, 3.8) is 0 Å². The maximum Gasteiger partial charge on any atom is 0.326 e. The number of carboxylic acids is 1. The van der Waals surface area contributed by atoms with Crippen molar-refractivity contribution in [1.29, 1.82) is 0 Å². The van der Waals surface area contributed by atoms with E-state index in [2.05, 4.69) is 10.3 Å². The molecule has 1 aromatic rings. The molecule has 1 aromatic heterocycles. The van der Waals surface area contributed by atoms with E-state index >= 15 is 0 Å². The maximum atomic E-state index is 11.8. The van der Waals surface area contributed by atoms with Gasteiger partial charge in [-0.3, -0.25) is 9.78 Å². The normalized spacial score (nSPS) is 16.3. The van der Waals surface area contributed by atoms with Gasteiger partial charge in [-0.05, 0) is 24.8 Å². The molecule has 2 rings (SSSR count). The quantitative estimate of drug-likeness (QED) is 0.850. The lowest BCUT2D eigenvalue weighted by molar-refractivity contribution is -0.139. The van der Waals surface area contributed by atoms with E-state index in [0.29, 0.717) is 0 Å². The summed E-state index contributed by atoms with van der Waals surface area (Å²) >= 11 is 5.81. The summed E-state index contributed by atoms with van der Waals surface area (Å²) in [7, 11) is 0. The molecule has 1 aliphatic carbocycles. The van der Waals surface area contributed by atoms with E-state index in [9.17, 15) is 9.59 Å². The average molecular weight is 255 g/mol. The average Bonchev–Trinajstić information content (AvgIpc) is 3.09. The number of nitrogens with zero attached hydrogens (tertiary/aromatic N) is 1. The number of carbonyl (C=O) groups excluding carboxylic acids is 1. The van der Waals surface area contributed by atoms with Crippen LogP contribution >= 0.6 is 11.6 Å². The van der Waals surface area contributed by atoms with Gasteiger partial charge in [0.25, 0.3) is 5.91 Å². The lowest BCUT2D eigenvalue weighted by Crippen LogP contribution is -2.42. The minimum absolute atomic E-state index is 0.0389. The van der Waals surface area contributed by atoms with Gasteiger partial charge in [-0.2, -0.15) is 0 Å². The third-order valence-electron chi connectivity index (χ3n) is 2.66. The number of carboxylic acid groups (broad SMARTS) is 1. The molecule has 0 bridgehead atoms. The molecule has 1 atom stereocenters. The molecular formula is C11H11ClN2O3. The standard InChI is InChI=1S/C11H11ClN2O3/c12-8-5-13-4-3-7(8)10(15)14-9(11(16)17)6-1-2-6/h3-6,9H,1-2H2,(H,14,15)(H,16,17). The summed E-state index contributed by atoms with van der Waals surface area (Å²) < 4.78 is 0. The Kier molecular flexibility index (Phi) is 3.28. The summed E-state index contributed by atoms with van der Waals surface area (Å²) in [5.41, 5.74) is 0.244. The van der Waals surface area contributed by atoms with Crippen LogP contribution in [0.5, 0.6) is 0 Å². The van der Waals surface area contributed by atoms with Crippen molar-refractivity contribution in [3.8, 4) is 0 Å². The third-order valence-corrected chi connectivity index (χ3v) is 2.96. The van der Waals surface area contributed by atoms with Gasteiger partial charge in [-0.15, -0.1) is 0 Å². The monoisotopic (exact) mass is 254 g/mol. The molecular weight excluding hydrogens is 244 g/mol. The Morgan fingerprint density at radius 2 is 2.24 bits per heavy atom. The Balaban J connectivity index is 2.10. The Labute approximate surface area is 103 Å². The van der Waals surface area contributed by atoms with E-state index < -0.39 is 17.9 Å². The molecule has 1 saturated carbocycles. The maximum absolute atomic E-state index is 11.8. The van der Waals surface area contributed by atoms with E-state index in [4.69, 9.17) is 16.7 Å². The van der Waals surface area contributed by atoms with Crippen molar-refractivity contribution < 1.29 is 14.7 Å². The van der Waals surface area contributed by atoms with Gasteiger partial charge in [-0.25, -0.2) is 4.79 Å². The predicted molar refractivity (Wildman–Crippen MR) is 60.9 cm³/mol. The van der Waals surface area contributed by atoms with Crippen molar-refractivity contribution in [2.24, 2.45) is 5.92 Å². The van der Waals surface area contributed by atoms with Crippen LogP contribution in [0.1, 0.15) is 23.2 Å². The number of rotatable bonds is 4. The number of nitrogens with one attached hydrogen (secondary N) is 1. The van der Waals surface area contributed by atoms with E-state index in [-0.39, 0.29) is 16.5 Å². The van der Waals surface area contributed by atoms with Crippen LogP contribution in [-0.2, 0) is 4.79 Å². The number of aromatic nitrogens is 1. The van der Waals surface area contributed by atoms with Gasteiger partial charge in [0.05, 0.1) is 10.6 Å². The highest BCUT2D eigenvalue weighted by Crippen LogP contribution is 2.33. The second kappa shape index (κ2) is 4.71. The van der Waals surface area contributed by atoms with Gasteiger partial charge in [0.2, 0.25) is 0 Å². The molecule has 0 aromatic carbocycles. The highest BCUT2D eigenvalue weighted by Gasteiger charge is 2.37. The first kappa shape index (κ1) is 11.9. The molecule has 1 aliphatic rings. The fourth-order valence-corrected chi connectivity index (χ4v) is 1.79. The van der Waals surface area contributed by atoms with Gasteiger partial charge in [0.1, 0.15) is 6.04 Å². The van der Waals surface area contributed by atoms with Gasteiger partial charge in [-0.1, -0.05) is 11.6 Å². The van der Waals surface area contributed by atoms with E-state index in [1.165, 1.54) is 18.5 Å². The molecule has 1 heterocycles. The molecule has 2 N–H and O–H groups in total.